The molecular weight excluding hydrogens is 324 g/mol. The molecule has 2 heterocycles. The summed E-state index contributed by atoms with van der Waals surface area (Å²) in [6.45, 7) is 10.2. The number of ether oxygens (including phenoxy) is 2. The van der Waals surface area contributed by atoms with Gasteiger partial charge in [0.05, 0.1) is 13.7 Å². The van der Waals surface area contributed by atoms with Crippen LogP contribution in [0.3, 0.4) is 0 Å². The van der Waals surface area contributed by atoms with Gasteiger partial charge < -0.3 is 14.0 Å². The standard InChI is InChI=1S/C22H28N2O2/c1-15(2)11-13-26-22-21-20(10-12-23-22)16(3)17(4)24(21)14-18-6-8-19(25-5)9-7-18/h6-10,12,15H,11,13-14H2,1-5H3. The molecular formula is C22H28N2O2. The molecule has 0 aliphatic heterocycles. The molecule has 0 spiro atoms. The number of fused-ring (bicyclic) bond motifs is 1. The lowest BCUT2D eigenvalue weighted by Crippen LogP contribution is -2.06. The summed E-state index contributed by atoms with van der Waals surface area (Å²) in [6, 6.07) is 10.3. The molecule has 0 unspecified atom stereocenters. The number of benzene rings is 1. The number of aryl methyl sites for hydroxylation is 1. The van der Waals surface area contributed by atoms with Crippen LogP contribution in [-0.4, -0.2) is 23.3 Å². The molecule has 26 heavy (non-hydrogen) atoms. The van der Waals surface area contributed by atoms with Crippen molar-refractivity contribution in [3.05, 3.63) is 53.3 Å². The van der Waals surface area contributed by atoms with Gasteiger partial charge in [-0.3, -0.25) is 0 Å². The smallest absolute Gasteiger partial charge is 0.238 e. The molecule has 0 aliphatic carbocycles. The number of pyridine rings is 1. The molecule has 0 aliphatic rings. The third kappa shape index (κ3) is 3.69. The first-order valence-corrected chi connectivity index (χ1v) is 9.21. The zero-order valence-electron chi connectivity index (χ0n) is 16.4. The minimum Gasteiger partial charge on any atom is -0.497 e. The van der Waals surface area contributed by atoms with Crippen molar-refractivity contribution in [3.8, 4) is 11.6 Å². The fourth-order valence-electron chi connectivity index (χ4n) is 3.17. The zero-order valence-corrected chi connectivity index (χ0v) is 16.4. The highest BCUT2D eigenvalue weighted by Crippen LogP contribution is 2.31. The lowest BCUT2D eigenvalue weighted by Gasteiger charge is -2.13. The first kappa shape index (κ1) is 18.3. The summed E-state index contributed by atoms with van der Waals surface area (Å²) in [5, 5.41) is 1.21. The molecule has 0 amide bonds. The van der Waals surface area contributed by atoms with Crippen molar-refractivity contribution < 1.29 is 9.47 Å². The first-order valence-electron chi connectivity index (χ1n) is 9.21. The van der Waals surface area contributed by atoms with E-state index < -0.39 is 0 Å². The summed E-state index contributed by atoms with van der Waals surface area (Å²) in [5.41, 5.74) is 4.84. The minimum atomic E-state index is 0.615. The number of aromatic nitrogens is 2. The van der Waals surface area contributed by atoms with Gasteiger partial charge in [-0.2, -0.15) is 0 Å². The Hall–Kier alpha value is -2.49. The quantitative estimate of drug-likeness (QED) is 0.591. The summed E-state index contributed by atoms with van der Waals surface area (Å²) in [5.74, 6) is 2.22. The van der Waals surface area contributed by atoms with Crippen molar-refractivity contribution in [2.45, 2.75) is 40.7 Å². The summed E-state index contributed by atoms with van der Waals surface area (Å²) < 4.78 is 13.6. The number of methoxy groups -OCH3 is 1. The van der Waals surface area contributed by atoms with Gasteiger partial charge >= 0.3 is 0 Å². The summed E-state index contributed by atoms with van der Waals surface area (Å²) in [7, 11) is 1.69. The van der Waals surface area contributed by atoms with E-state index in [1.165, 1.54) is 22.2 Å². The lowest BCUT2D eigenvalue weighted by molar-refractivity contribution is 0.281. The molecule has 0 atom stereocenters. The van der Waals surface area contributed by atoms with E-state index in [0.717, 1.165) is 30.1 Å². The Morgan fingerprint density at radius 1 is 1.08 bits per heavy atom. The number of hydrogen-bond acceptors (Lipinski definition) is 3. The second-order valence-electron chi connectivity index (χ2n) is 7.19. The molecule has 0 N–H and O–H groups in total. The molecule has 0 fully saturated rings. The van der Waals surface area contributed by atoms with Crippen molar-refractivity contribution in [2.24, 2.45) is 5.92 Å². The second-order valence-corrected chi connectivity index (χ2v) is 7.19. The van der Waals surface area contributed by atoms with E-state index >= 15 is 0 Å². The van der Waals surface area contributed by atoms with Gasteiger partial charge in [-0.1, -0.05) is 26.0 Å². The fourth-order valence-corrected chi connectivity index (χ4v) is 3.17. The highest BCUT2D eigenvalue weighted by atomic mass is 16.5. The Morgan fingerprint density at radius 2 is 1.81 bits per heavy atom. The largest absolute Gasteiger partial charge is 0.497 e. The number of nitrogens with zero attached hydrogens (tertiary/aromatic N) is 2. The van der Waals surface area contributed by atoms with Gasteiger partial charge in [0.1, 0.15) is 11.3 Å². The Bertz CT molecular complexity index is 879. The zero-order chi connectivity index (χ0) is 18.7. The predicted molar refractivity (Wildman–Crippen MR) is 106 cm³/mol. The van der Waals surface area contributed by atoms with Gasteiger partial charge in [-0.15, -0.1) is 0 Å². The van der Waals surface area contributed by atoms with E-state index in [1.54, 1.807) is 7.11 Å². The minimum absolute atomic E-state index is 0.615. The Labute approximate surface area is 155 Å². The monoisotopic (exact) mass is 352 g/mol. The van der Waals surface area contributed by atoms with Gasteiger partial charge in [0.25, 0.3) is 0 Å². The van der Waals surface area contributed by atoms with Crippen LogP contribution in [0.5, 0.6) is 11.6 Å². The highest BCUT2D eigenvalue weighted by molar-refractivity contribution is 5.89. The summed E-state index contributed by atoms with van der Waals surface area (Å²) >= 11 is 0. The summed E-state index contributed by atoms with van der Waals surface area (Å²) in [4.78, 5) is 4.52. The van der Waals surface area contributed by atoms with Crippen LogP contribution in [0.25, 0.3) is 10.9 Å². The van der Waals surface area contributed by atoms with Crippen LogP contribution in [0.4, 0.5) is 0 Å². The second kappa shape index (κ2) is 7.81. The van der Waals surface area contributed by atoms with Crippen molar-refractivity contribution >= 4 is 10.9 Å². The van der Waals surface area contributed by atoms with Crippen LogP contribution >= 0.6 is 0 Å². The van der Waals surface area contributed by atoms with E-state index in [9.17, 15) is 0 Å². The van der Waals surface area contributed by atoms with Gasteiger partial charge in [0.2, 0.25) is 5.88 Å². The first-order chi connectivity index (χ1) is 12.5. The average Bonchev–Trinajstić information content (AvgIpc) is 2.88. The van der Waals surface area contributed by atoms with Crippen LogP contribution in [0.2, 0.25) is 0 Å². The Morgan fingerprint density at radius 3 is 2.46 bits per heavy atom. The molecule has 138 valence electrons. The highest BCUT2D eigenvalue weighted by Gasteiger charge is 2.16. The molecule has 2 aromatic heterocycles. The van der Waals surface area contributed by atoms with Crippen LogP contribution < -0.4 is 9.47 Å². The normalized spacial score (nSPS) is 11.3. The molecule has 0 saturated carbocycles. The van der Waals surface area contributed by atoms with E-state index in [2.05, 4.69) is 55.4 Å². The molecule has 0 saturated heterocycles. The maximum absolute atomic E-state index is 6.06. The van der Waals surface area contributed by atoms with Crippen LogP contribution in [0.15, 0.2) is 36.5 Å². The molecule has 1 aromatic carbocycles. The third-order valence-corrected chi connectivity index (χ3v) is 4.95. The van der Waals surface area contributed by atoms with Crippen LogP contribution in [0.1, 0.15) is 37.1 Å². The Kier molecular flexibility index (Phi) is 5.50. The van der Waals surface area contributed by atoms with Gasteiger partial charge in [0.15, 0.2) is 0 Å². The van der Waals surface area contributed by atoms with Gasteiger partial charge in [0, 0.05) is 23.8 Å². The van der Waals surface area contributed by atoms with E-state index in [4.69, 9.17) is 9.47 Å². The molecule has 3 aromatic rings. The topological polar surface area (TPSA) is 36.3 Å². The molecule has 4 heteroatoms. The average molecular weight is 352 g/mol. The van der Waals surface area contributed by atoms with Crippen molar-refractivity contribution in [2.75, 3.05) is 13.7 Å². The fraction of sp³-hybridized carbons (Fsp3) is 0.409. The molecule has 3 rings (SSSR count). The summed E-state index contributed by atoms with van der Waals surface area (Å²) in [6.07, 6.45) is 2.87. The molecule has 4 nitrogen and oxygen atoms in total. The van der Waals surface area contributed by atoms with Crippen molar-refractivity contribution in [1.29, 1.82) is 0 Å². The van der Waals surface area contributed by atoms with Gasteiger partial charge in [-0.05, 0) is 55.5 Å². The van der Waals surface area contributed by atoms with E-state index in [1.807, 2.05) is 18.3 Å². The van der Waals surface area contributed by atoms with E-state index in [0.29, 0.717) is 12.5 Å². The lowest BCUT2D eigenvalue weighted by atomic mass is 10.1. The maximum Gasteiger partial charge on any atom is 0.238 e. The van der Waals surface area contributed by atoms with Crippen molar-refractivity contribution in [3.63, 3.8) is 0 Å². The van der Waals surface area contributed by atoms with E-state index in [-0.39, 0.29) is 0 Å². The van der Waals surface area contributed by atoms with Crippen molar-refractivity contribution in [1.82, 2.24) is 9.55 Å². The molecule has 0 bridgehead atoms. The maximum atomic E-state index is 6.06. The predicted octanol–water partition coefficient (Wildman–Crippen LogP) is 5.13. The molecule has 0 radical (unpaired) electrons. The number of rotatable bonds is 7. The third-order valence-electron chi connectivity index (χ3n) is 4.95. The van der Waals surface area contributed by atoms with Crippen LogP contribution in [-0.2, 0) is 6.54 Å². The Balaban J connectivity index is 1.98. The number of hydrogen-bond donors (Lipinski definition) is 0. The van der Waals surface area contributed by atoms with Gasteiger partial charge in [-0.25, -0.2) is 4.98 Å². The SMILES string of the molecule is COc1ccc(Cn2c(C)c(C)c3ccnc(OCCC(C)C)c32)cc1. The van der Waals surface area contributed by atoms with Crippen LogP contribution in [0, 0.1) is 19.8 Å².